The van der Waals surface area contributed by atoms with Crippen molar-refractivity contribution in [3.63, 3.8) is 0 Å². The van der Waals surface area contributed by atoms with Gasteiger partial charge in [-0.1, -0.05) is 6.07 Å². The molecule has 0 radical (unpaired) electrons. The van der Waals surface area contributed by atoms with Crippen LogP contribution < -0.4 is 0 Å². The Morgan fingerprint density at radius 1 is 1.15 bits per heavy atom. The average Bonchev–Trinajstić information content (AvgIpc) is 2.62. The van der Waals surface area contributed by atoms with Crippen molar-refractivity contribution >= 4 is 0 Å². The number of nitrogens with zero attached hydrogens (tertiary/aromatic N) is 1. The predicted octanol–water partition coefficient (Wildman–Crippen LogP) is 2.96. The summed E-state index contributed by atoms with van der Waals surface area (Å²) in [6.45, 7) is 4.07. The Hall–Kier alpha value is -1.57. The van der Waals surface area contributed by atoms with Crippen molar-refractivity contribution in [2.75, 3.05) is 0 Å². The highest BCUT2D eigenvalue weighted by molar-refractivity contribution is 5.57. The van der Waals surface area contributed by atoms with Gasteiger partial charge in [-0.15, -0.1) is 0 Å². The molecule has 0 spiro atoms. The number of pyridine rings is 1. The van der Waals surface area contributed by atoms with Gasteiger partial charge in [-0.2, -0.15) is 0 Å². The zero-order chi connectivity index (χ0) is 9.26. The van der Waals surface area contributed by atoms with Gasteiger partial charge in [0.15, 0.2) is 0 Å². The van der Waals surface area contributed by atoms with E-state index in [9.17, 15) is 0 Å². The Kier molecular flexibility index (Phi) is 1.89. The molecule has 2 heterocycles. The SMILES string of the molecule is Cc1ccc(-c2ccoc2)nc1C. The Bertz CT molecular complexity index is 404. The molecule has 66 valence electrons. The first kappa shape index (κ1) is 8.05. The topological polar surface area (TPSA) is 26.0 Å². The zero-order valence-corrected chi connectivity index (χ0v) is 7.74. The Morgan fingerprint density at radius 3 is 2.62 bits per heavy atom. The van der Waals surface area contributed by atoms with Gasteiger partial charge in [-0.3, -0.25) is 4.98 Å². The molecule has 2 heteroatoms. The summed E-state index contributed by atoms with van der Waals surface area (Å²) in [6, 6.07) is 6.00. The van der Waals surface area contributed by atoms with Crippen LogP contribution >= 0.6 is 0 Å². The van der Waals surface area contributed by atoms with Crippen molar-refractivity contribution in [2.24, 2.45) is 0 Å². The molecule has 2 nitrogen and oxygen atoms in total. The van der Waals surface area contributed by atoms with E-state index in [1.165, 1.54) is 5.56 Å². The molecule has 0 aliphatic heterocycles. The molecule has 0 aromatic carbocycles. The Balaban J connectivity index is 2.49. The minimum atomic E-state index is 0.969. The van der Waals surface area contributed by atoms with Crippen molar-refractivity contribution in [1.29, 1.82) is 0 Å². The fourth-order valence-corrected chi connectivity index (χ4v) is 1.20. The van der Waals surface area contributed by atoms with Crippen LogP contribution in [0.15, 0.2) is 35.1 Å². The molecule has 0 amide bonds. The van der Waals surface area contributed by atoms with E-state index in [4.69, 9.17) is 4.42 Å². The maximum absolute atomic E-state index is 5.00. The van der Waals surface area contributed by atoms with Crippen molar-refractivity contribution in [3.05, 3.63) is 42.0 Å². The number of rotatable bonds is 1. The number of hydrogen-bond acceptors (Lipinski definition) is 2. The third kappa shape index (κ3) is 1.47. The van der Waals surface area contributed by atoms with Gasteiger partial charge >= 0.3 is 0 Å². The lowest BCUT2D eigenvalue weighted by atomic mass is 10.1. The molecule has 0 aliphatic rings. The van der Waals surface area contributed by atoms with Crippen LogP contribution in [0, 0.1) is 13.8 Å². The molecule has 2 aromatic rings. The molecule has 13 heavy (non-hydrogen) atoms. The van der Waals surface area contributed by atoms with Gasteiger partial charge in [0, 0.05) is 11.3 Å². The minimum absolute atomic E-state index is 0.969. The van der Waals surface area contributed by atoms with Crippen LogP contribution in [0.25, 0.3) is 11.3 Å². The summed E-state index contributed by atoms with van der Waals surface area (Å²) >= 11 is 0. The second kappa shape index (κ2) is 3.05. The smallest absolute Gasteiger partial charge is 0.0996 e. The largest absolute Gasteiger partial charge is 0.472 e. The van der Waals surface area contributed by atoms with Gasteiger partial charge in [0.25, 0.3) is 0 Å². The third-order valence-corrected chi connectivity index (χ3v) is 2.17. The maximum atomic E-state index is 5.00. The number of aromatic nitrogens is 1. The predicted molar refractivity (Wildman–Crippen MR) is 51.4 cm³/mol. The van der Waals surface area contributed by atoms with Crippen LogP contribution in [-0.2, 0) is 0 Å². The van der Waals surface area contributed by atoms with E-state index in [0.717, 1.165) is 17.0 Å². The summed E-state index contributed by atoms with van der Waals surface area (Å²) < 4.78 is 5.00. The van der Waals surface area contributed by atoms with Crippen molar-refractivity contribution in [1.82, 2.24) is 4.98 Å². The summed E-state index contributed by atoms with van der Waals surface area (Å²) in [5.41, 5.74) is 4.28. The van der Waals surface area contributed by atoms with Crippen LogP contribution in [-0.4, -0.2) is 4.98 Å². The van der Waals surface area contributed by atoms with Crippen LogP contribution in [0.3, 0.4) is 0 Å². The van der Waals surface area contributed by atoms with Crippen molar-refractivity contribution in [3.8, 4) is 11.3 Å². The van der Waals surface area contributed by atoms with Crippen LogP contribution in [0.5, 0.6) is 0 Å². The molecule has 2 rings (SSSR count). The van der Waals surface area contributed by atoms with Crippen molar-refractivity contribution < 1.29 is 4.42 Å². The van der Waals surface area contributed by atoms with Gasteiger partial charge in [-0.25, -0.2) is 0 Å². The van der Waals surface area contributed by atoms with Gasteiger partial charge in [0.05, 0.1) is 18.2 Å². The molecular formula is C11H11NO. The average molecular weight is 173 g/mol. The van der Waals surface area contributed by atoms with Gasteiger partial charge < -0.3 is 4.42 Å². The van der Waals surface area contributed by atoms with E-state index in [0.29, 0.717) is 0 Å². The van der Waals surface area contributed by atoms with E-state index in [-0.39, 0.29) is 0 Å². The molecule has 0 atom stereocenters. The minimum Gasteiger partial charge on any atom is -0.472 e. The number of furan rings is 1. The number of hydrogen-bond donors (Lipinski definition) is 0. The maximum Gasteiger partial charge on any atom is 0.0996 e. The molecule has 0 bridgehead atoms. The van der Waals surface area contributed by atoms with Crippen LogP contribution in [0.4, 0.5) is 0 Å². The summed E-state index contributed by atoms with van der Waals surface area (Å²) in [5.74, 6) is 0. The van der Waals surface area contributed by atoms with Gasteiger partial charge in [-0.05, 0) is 31.5 Å². The normalized spacial score (nSPS) is 10.3. The quantitative estimate of drug-likeness (QED) is 0.662. The number of aryl methyl sites for hydroxylation is 2. The summed E-state index contributed by atoms with van der Waals surface area (Å²) in [4.78, 5) is 4.46. The summed E-state index contributed by atoms with van der Waals surface area (Å²) in [5, 5.41) is 0. The summed E-state index contributed by atoms with van der Waals surface area (Å²) in [7, 11) is 0. The van der Waals surface area contributed by atoms with Crippen molar-refractivity contribution in [2.45, 2.75) is 13.8 Å². The lowest BCUT2D eigenvalue weighted by Crippen LogP contribution is -1.88. The first-order chi connectivity index (χ1) is 6.27. The Labute approximate surface area is 77.2 Å². The molecule has 0 aliphatic carbocycles. The van der Waals surface area contributed by atoms with Gasteiger partial charge in [0.2, 0.25) is 0 Å². The van der Waals surface area contributed by atoms with Gasteiger partial charge in [0.1, 0.15) is 0 Å². The highest BCUT2D eigenvalue weighted by Gasteiger charge is 2.01. The zero-order valence-electron chi connectivity index (χ0n) is 7.74. The fraction of sp³-hybridized carbons (Fsp3) is 0.182. The first-order valence-electron chi connectivity index (χ1n) is 4.24. The molecule has 0 N–H and O–H groups in total. The van der Waals surface area contributed by atoms with E-state index < -0.39 is 0 Å². The Morgan fingerprint density at radius 2 is 2.00 bits per heavy atom. The third-order valence-electron chi connectivity index (χ3n) is 2.17. The second-order valence-electron chi connectivity index (χ2n) is 3.11. The van der Waals surface area contributed by atoms with E-state index in [1.54, 1.807) is 12.5 Å². The highest BCUT2D eigenvalue weighted by atomic mass is 16.3. The van der Waals surface area contributed by atoms with Crippen LogP contribution in [0.2, 0.25) is 0 Å². The standard InChI is InChI=1S/C11H11NO/c1-8-3-4-11(12-9(8)2)10-5-6-13-7-10/h3-7H,1-2H3. The van der Waals surface area contributed by atoms with E-state index in [1.807, 2.05) is 19.1 Å². The molecule has 0 unspecified atom stereocenters. The molecule has 0 fully saturated rings. The van der Waals surface area contributed by atoms with Crippen LogP contribution in [0.1, 0.15) is 11.3 Å². The summed E-state index contributed by atoms with van der Waals surface area (Å²) in [6.07, 6.45) is 3.36. The second-order valence-corrected chi connectivity index (χ2v) is 3.11. The van der Waals surface area contributed by atoms with E-state index >= 15 is 0 Å². The highest BCUT2D eigenvalue weighted by Crippen LogP contribution is 2.18. The molecule has 2 aromatic heterocycles. The fourth-order valence-electron chi connectivity index (χ4n) is 1.20. The lowest BCUT2D eigenvalue weighted by molar-refractivity contribution is 0.568. The lowest BCUT2D eigenvalue weighted by Gasteiger charge is -2.01. The van der Waals surface area contributed by atoms with E-state index in [2.05, 4.69) is 18.0 Å². The molecule has 0 saturated carbocycles. The molecular weight excluding hydrogens is 162 g/mol. The molecule has 0 saturated heterocycles. The monoisotopic (exact) mass is 173 g/mol. The first-order valence-corrected chi connectivity index (χ1v) is 4.24.